The summed E-state index contributed by atoms with van der Waals surface area (Å²) in [5, 5.41) is -0.227. The Balaban J connectivity index is 3.26. The average molecular weight is 331 g/mol. The van der Waals surface area contributed by atoms with Crippen LogP contribution >= 0.6 is 12.6 Å². The lowest BCUT2D eigenvalue weighted by Gasteiger charge is -2.10. The largest absolute Gasteiger partial charge is 0.465 e. The molecule has 0 aliphatic carbocycles. The van der Waals surface area contributed by atoms with Crippen molar-refractivity contribution in [2.24, 2.45) is 0 Å². The Morgan fingerprint density at radius 2 is 1.23 bits per heavy atom. The lowest BCUT2D eigenvalue weighted by Crippen LogP contribution is -2.18. The van der Waals surface area contributed by atoms with Crippen molar-refractivity contribution < 1.29 is 9.53 Å². The number of esters is 1. The second-order valence-electron chi connectivity index (χ2n) is 6.36. The Kier molecular flexibility index (Phi) is 17.0. The van der Waals surface area contributed by atoms with E-state index >= 15 is 0 Å². The van der Waals surface area contributed by atoms with Crippen LogP contribution in [0.15, 0.2) is 0 Å². The summed E-state index contributed by atoms with van der Waals surface area (Å²) in [4.78, 5) is 11.7. The maximum Gasteiger partial charge on any atom is 0.318 e. The monoisotopic (exact) mass is 330 g/mol. The molecule has 0 bridgehead atoms. The molecule has 22 heavy (non-hydrogen) atoms. The maximum absolute atomic E-state index is 11.7. The number of carbonyl (C=O) groups is 1. The molecule has 132 valence electrons. The molecule has 0 saturated carbocycles. The highest BCUT2D eigenvalue weighted by molar-refractivity contribution is 7.81. The Labute approximate surface area is 144 Å². The molecule has 0 aliphatic rings. The first-order valence-corrected chi connectivity index (χ1v) is 10.1. The van der Waals surface area contributed by atoms with E-state index in [4.69, 9.17) is 4.74 Å². The van der Waals surface area contributed by atoms with Crippen LogP contribution in [0, 0.1) is 0 Å². The number of carbonyl (C=O) groups excluding carboxylic acids is 1. The second-order valence-corrected chi connectivity index (χ2v) is 6.98. The number of hydrogen-bond acceptors (Lipinski definition) is 3. The van der Waals surface area contributed by atoms with Crippen molar-refractivity contribution in [1.29, 1.82) is 0 Å². The minimum Gasteiger partial charge on any atom is -0.465 e. The predicted molar refractivity (Wildman–Crippen MR) is 99.7 cm³/mol. The van der Waals surface area contributed by atoms with Gasteiger partial charge in [-0.3, -0.25) is 4.79 Å². The minimum absolute atomic E-state index is 0.129. The van der Waals surface area contributed by atoms with Crippen LogP contribution in [0.4, 0.5) is 0 Å². The molecule has 0 rings (SSSR count). The quantitative estimate of drug-likeness (QED) is 0.203. The van der Waals surface area contributed by atoms with Gasteiger partial charge in [0.2, 0.25) is 0 Å². The van der Waals surface area contributed by atoms with Crippen LogP contribution in [0.3, 0.4) is 0 Å². The van der Waals surface area contributed by atoms with Gasteiger partial charge in [0.15, 0.2) is 0 Å². The molecule has 0 radical (unpaired) electrons. The van der Waals surface area contributed by atoms with Gasteiger partial charge < -0.3 is 4.74 Å². The van der Waals surface area contributed by atoms with E-state index in [1.807, 2.05) is 0 Å². The summed E-state index contributed by atoms with van der Waals surface area (Å²) in [6.07, 6.45) is 17.3. The normalized spacial score (nSPS) is 12.3. The Morgan fingerprint density at radius 1 is 0.773 bits per heavy atom. The summed E-state index contributed by atoms with van der Waals surface area (Å²) in [5.41, 5.74) is 0. The molecule has 0 aromatic heterocycles. The van der Waals surface area contributed by atoms with Crippen molar-refractivity contribution in [2.75, 3.05) is 6.61 Å². The van der Waals surface area contributed by atoms with Gasteiger partial charge in [-0.1, -0.05) is 90.9 Å². The molecule has 0 heterocycles. The van der Waals surface area contributed by atoms with Gasteiger partial charge in [0.25, 0.3) is 0 Å². The first kappa shape index (κ1) is 21.8. The molecular formula is C19H38O2S. The standard InChI is InChI=1S/C19H38O2S/c1-3-5-7-8-9-10-11-12-13-15-17-21-19(20)18(22)16-14-6-4-2/h18,22H,3-17H2,1-2H3. The van der Waals surface area contributed by atoms with E-state index in [0.29, 0.717) is 6.61 Å². The fourth-order valence-corrected chi connectivity index (χ4v) is 2.82. The molecule has 0 aromatic carbocycles. The molecule has 0 saturated heterocycles. The van der Waals surface area contributed by atoms with Crippen LogP contribution in [0.5, 0.6) is 0 Å². The third-order valence-corrected chi connectivity index (χ3v) is 4.56. The highest BCUT2D eigenvalue weighted by Gasteiger charge is 2.14. The topological polar surface area (TPSA) is 26.3 Å². The lowest BCUT2D eigenvalue weighted by molar-refractivity contribution is -0.143. The SMILES string of the molecule is CCCCCCCCCCCCOC(=O)C(S)CCCCC. The van der Waals surface area contributed by atoms with Crippen molar-refractivity contribution >= 4 is 18.6 Å². The smallest absolute Gasteiger partial charge is 0.318 e. The molecule has 0 aromatic rings. The van der Waals surface area contributed by atoms with Crippen LogP contribution in [-0.4, -0.2) is 17.8 Å². The lowest BCUT2D eigenvalue weighted by atomic mass is 10.1. The first-order valence-electron chi connectivity index (χ1n) is 9.57. The van der Waals surface area contributed by atoms with E-state index in [-0.39, 0.29) is 11.2 Å². The van der Waals surface area contributed by atoms with Gasteiger partial charge in [-0.15, -0.1) is 0 Å². The molecule has 0 amide bonds. The molecule has 0 fully saturated rings. The summed E-state index contributed by atoms with van der Waals surface area (Å²) in [6, 6.07) is 0. The maximum atomic E-state index is 11.7. The van der Waals surface area contributed by atoms with E-state index in [0.717, 1.165) is 19.3 Å². The summed E-state index contributed by atoms with van der Waals surface area (Å²) in [5.74, 6) is -0.129. The van der Waals surface area contributed by atoms with Gasteiger partial charge in [0.1, 0.15) is 0 Å². The van der Waals surface area contributed by atoms with Crippen LogP contribution in [0.25, 0.3) is 0 Å². The van der Waals surface area contributed by atoms with E-state index in [1.165, 1.54) is 70.6 Å². The summed E-state index contributed by atoms with van der Waals surface area (Å²) < 4.78 is 5.29. The zero-order valence-electron chi connectivity index (χ0n) is 14.9. The number of ether oxygens (including phenoxy) is 1. The molecule has 0 N–H and O–H groups in total. The van der Waals surface area contributed by atoms with E-state index in [9.17, 15) is 4.79 Å². The van der Waals surface area contributed by atoms with E-state index in [1.54, 1.807) is 0 Å². The van der Waals surface area contributed by atoms with Gasteiger partial charge in [0, 0.05) is 0 Å². The van der Waals surface area contributed by atoms with Gasteiger partial charge in [0.05, 0.1) is 11.9 Å². The predicted octanol–water partition coefficient (Wildman–Crippen LogP) is 6.33. The number of rotatable bonds is 16. The van der Waals surface area contributed by atoms with Gasteiger partial charge >= 0.3 is 5.97 Å². The fourth-order valence-electron chi connectivity index (χ4n) is 2.56. The zero-order valence-corrected chi connectivity index (χ0v) is 15.8. The van der Waals surface area contributed by atoms with E-state index < -0.39 is 0 Å². The Hall–Kier alpha value is -0.180. The van der Waals surface area contributed by atoms with Gasteiger partial charge in [-0.05, 0) is 12.8 Å². The fraction of sp³-hybridized carbons (Fsp3) is 0.947. The zero-order chi connectivity index (χ0) is 16.5. The van der Waals surface area contributed by atoms with Crippen LogP contribution in [0.2, 0.25) is 0 Å². The summed E-state index contributed by atoms with van der Waals surface area (Å²) >= 11 is 4.33. The molecule has 2 nitrogen and oxygen atoms in total. The Bertz CT molecular complexity index is 244. The van der Waals surface area contributed by atoms with Crippen LogP contribution < -0.4 is 0 Å². The van der Waals surface area contributed by atoms with Crippen molar-refractivity contribution in [2.45, 2.75) is 109 Å². The molecule has 0 spiro atoms. The highest BCUT2D eigenvalue weighted by atomic mass is 32.1. The third-order valence-electron chi connectivity index (χ3n) is 4.10. The Morgan fingerprint density at radius 3 is 1.77 bits per heavy atom. The number of hydrogen-bond donors (Lipinski definition) is 1. The van der Waals surface area contributed by atoms with Crippen molar-refractivity contribution in [1.82, 2.24) is 0 Å². The molecule has 0 aliphatic heterocycles. The molecule has 1 unspecified atom stereocenters. The van der Waals surface area contributed by atoms with Crippen LogP contribution in [-0.2, 0) is 9.53 Å². The summed E-state index contributed by atoms with van der Waals surface area (Å²) in [7, 11) is 0. The number of thiol groups is 1. The van der Waals surface area contributed by atoms with Gasteiger partial charge in [-0.25, -0.2) is 0 Å². The third kappa shape index (κ3) is 14.7. The molecular weight excluding hydrogens is 292 g/mol. The van der Waals surface area contributed by atoms with Gasteiger partial charge in [-0.2, -0.15) is 12.6 Å². The van der Waals surface area contributed by atoms with Crippen molar-refractivity contribution in [3.63, 3.8) is 0 Å². The minimum atomic E-state index is -0.227. The molecule has 3 heteroatoms. The number of unbranched alkanes of at least 4 members (excludes halogenated alkanes) is 11. The summed E-state index contributed by atoms with van der Waals surface area (Å²) in [6.45, 7) is 4.99. The average Bonchev–Trinajstić information content (AvgIpc) is 2.52. The highest BCUT2D eigenvalue weighted by Crippen LogP contribution is 2.12. The van der Waals surface area contributed by atoms with Crippen molar-refractivity contribution in [3.8, 4) is 0 Å². The second kappa shape index (κ2) is 17.2. The molecule has 1 atom stereocenters. The van der Waals surface area contributed by atoms with Crippen LogP contribution in [0.1, 0.15) is 104 Å². The van der Waals surface area contributed by atoms with E-state index in [2.05, 4.69) is 26.5 Å². The first-order chi connectivity index (χ1) is 10.7. The van der Waals surface area contributed by atoms with Crippen molar-refractivity contribution in [3.05, 3.63) is 0 Å².